The Balaban J connectivity index is 1.07. The molecule has 5 N–H and O–H groups in total. The molecule has 3 fully saturated rings. The number of aryl methyl sites for hydroxylation is 1. The number of esters is 1. The van der Waals surface area contributed by atoms with Crippen LogP contribution < -0.4 is 20.4 Å². The van der Waals surface area contributed by atoms with Crippen molar-refractivity contribution in [1.29, 1.82) is 0 Å². The number of imidazole rings is 1. The number of pyridine rings is 1. The Hall–Kier alpha value is -7.18. The van der Waals surface area contributed by atoms with Crippen molar-refractivity contribution in [2.45, 2.75) is 56.0 Å². The molecule has 6 aromatic rings. The van der Waals surface area contributed by atoms with Gasteiger partial charge in [-0.2, -0.15) is 27.9 Å². The number of hydrogen-bond acceptors (Lipinski definition) is 18. The third-order valence-corrected chi connectivity index (χ3v) is 11.7. The monoisotopic (exact) mass is 915 g/mol. The van der Waals surface area contributed by atoms with Gasteiger partial charge in [0.2, 0.25) is 17.5 Å². The standard InChI is InChI=1S/C42H44F3N13O8/c1-2-58-53-38(52-54-58)41(34(61)31(22-65-41)66-39(63)42(43,44)45)57-23-48-33-35(47-20-30(24-3-8-28(59)9-4-24)25-5-10-29(60)11-6-25)50-40(51-36(33)57)56-14-13-27(21-56)49-37(62)26-7-12-32(46-19-26)55-15-17-64-18-16-55/h3-12,19,23,27,30-31,34,59-61H,2,13-18,20-22H2,1H3,(H,49,62)(H,47,50,51)/t27-,31+,34-,41+/m1/s1. The maximum Gasteiger partial charge on any atom is 0.490 e. The number of halogens is 3. The van der Waals surface area contributed by atoms with Crippen LogP contribution in [-0.2, 0) is 31.3 Å². The Kier molecular flexibility index (Phi) is 12.0. The number of carbonyl (C=O) groups is 2. The number of phenols is 2. The first-order valence-corrected chi connectivity index (χ1v) is 21.1. The van der Waals surface area contributed by atoms with Gasteiger partial charge in [0.05, 0.1) is 31.9 Å². The van der Waals surface area contributed by atoms with Crippen molar-refractivity contribution in [3.8, 4) is 11.5 Å². The number of amides is 1. The lowest BCUT2D eigenvalue weighted by atomic mass is 9.91. The summed E-state index contributed by atoms with van der Waals surface area (Å²) in [6, 6.07) is 16.4. The third kappa shape index (κ3) is 8.68. The minimum atomic E-state index is -5.37. The average Bonchev–Trinajstić information content (AvgIpc) is 4.15. The smallest absolute Gasteiger partial charge is 0.490 e. The van der Waals surface area contributed by atoms with Gasteiger partial charge < -0.3 is 50.0 Å². The van der Waals surface area contributed by atoms with E-state index in [2.05, 4.69) is 40.9 Å². The van der Waals surface area contributed by atoms with Crippen LogP contribution in [0, 0.1) is 0 Å². The van der Waals surface area contributed by atoms with Crippen LogP contribution in [0.25, 0.3) is 11.2 Å². The molecule has 2 aromatic carbocycles. The highest BCUT2D eigenvalue weighted by molar-refractivity contribution is 5.94. The number of nitrogens with one attached hydrogen (secondary N) is 2. The Bertz CT molecular complexity index is 2640. The minimum Gasteiger partial charge on any atom is -0.508 e. The molecule has 21 nitrogen and oxygen atoms in total. The zero-order valence-electron chi connectivity index (χ0n) is 35.2. The fourth-order valence-corrected chi connectivity index (χ4v) is 8.24. The van der Waals surface area contributed by atoms with Crippen LogP contribution in [0.15, 0.2) is 73.2 Å². The number of fused-ring (bicyclic) bond motifs is 1. The maximum atomic E-state index is 13.5. The molecule has 3 aliphatic heterocycles. The lowest BCUT2D eigenvalue weighted by Gasteiger charge is -2.30. The molecule has 7 heterocycles. The van der Waals surface area contributed by atoms with Gasteiger partial charge in [0, 0.05) is 50.9 Å². The van der Waals surface area contributed by atoms with E-state index in [0.29, 0.717) is 44.8 Å². The number of morpholine rings is 1. The number of rotatable bonds is 13. The van der Waals surface area contributed by atoms with E-state index >= 15 is 0 Å². The summed E-state index contributed by atoms with van der Waals surface area (Å²) in [7, 11) is 0. The highest BCUT2D eigenvalue weighted by Gasteiger charge is 2.59. The predicted molar refractivity (Wildman–Crippen MR) is 226 cm³/mol. The van der Waals surface area contributed by atoms with Crippen molar-refractivity contribution in [2.75, 3.05) is 67.7 Å². The van der Waals surface area contributed by atoms with Gasteiger partial charge in [-0.25, -0.2) is 14.8 Å². The number of hydrogen-bond donors (Lipinski definition) is 5. The van der Waals surface area contributed by atoms with Crippen LogP contribution in [-0.4, -0.2) is 149 Å². The molecular formula is C42H44F3N13O8. The van der Waals surface area contributed by atoms with Crippen LogP contribution in [0.3, 0.4) is 0 Å². The minimum absolute atomic E-state index is 0.0157. The first-order chi connectivity index (χ1) is 31.8. The number of phenolic OH excluding ortho intramolecular Hbond substituents is 2. The van der Waals surface area contributed by atoms with Gasteiger partial charge in [-0.15, -0.1) is 10.2 Å². The van der Waals surface area contributed by atoms with E-state index in [4.69, 9.17) is 24.2 Å². The molecule has 346 valence electrons. The van der Waals surface area contributed by atoms with Gasteiger partial charge in [-0.1, -0.05) is 24.3 Å². The summed E-state index contributed by atoms with van der Waals surface area (Å²) in [6.07, 6.45) is -5.97. The van der Waals surface area contributed by atoms with Gasteiger partial charge in [0.1, 0.15) is 29.7 Å². The lowest BCUT2D eigenvalue weighted by molar-refractivity contribution is -0.208. The first kappa shape index (κ1) is 44.0. The van der Waals surface area contributed by atoms with E-state index in [0.717, 1.165) is 16.9 Å². The molecule has 24 heteroatoms. The average molecular weight is 916 g/mol. The number of ether oxygens (including phenoxy) is 3. The number of benzene rings is 2. The SMILES string of the molecule is CCn1nnc([C@@]2(n3cnc4c(NCC(c5ccc(O)cc5)c5ccc(O)cc5)nc(N5CC[C@@H](NC(=O)c6ccc(N7CCOCC7)nc6)C5)nc43)OC[C@H](OC(=O)C(F)(F)F)[C@H]2O)n1. The van der Waals surface area contributed by atoms with Crippen LogP contribution in [0.1, 0.15) is 46.6 Å². The van der Waals surface area contributed by atoms with E-state index in [1.165, 1.54) is 21.9 Å². The number of nitrogens with zero attached hydrogens (tertiary/aromatic N) is 11. The number of aliphatic hydroxyl groups is 1. The summed E-state index contributed by atoms with van der Waals surface area (Å²) >= 11 is 0. The molecule has 4 atom stereocenters. The molecule has 66 heavy (non-hydrogen) atoms. The number of aromatic hydroxyl groups is 2. The molecular weight excluding hydrogens is 872 g/mol. The normalized spacial score (nSPS) is 21.2. The topological polar surface area (TPSA) is 253 Å². The van der Waals surface area contributed by atoms with E-state index < -0.39 is 36.7 Å². The molecule has 3 aliphatic rings. The summed E-state index contributed by atoms with van der Waals surface area (Å²) in [4.78, 5) is 49.5. The summed E-state index contributed by atoms with van der Waals surface area (Å²) in [5, 5.41) is 51.0. The van der Waals surface area contributed by atoms with Crippen molar-refractivity contribution >= 4 is 40.6 Å². The van der Waals surface area contributed by atoms with Gasteiger partial charge in [0.25, 0.3) is 5.91 Å². The van der Waals surface area contributed by atoms with Crippen molar-refractivity contribution in [3.63, 3.8) is 0 Å². The van der Waals surface area contributed by atoms with Crippen LogP contribution in [0.2, 0.25) is 0 Å². The fraction of sp³-hybridized carbons (Fsp3) is 0.405. The Morgan fingerprint density at radius 2 is 1.67 bits per heavy atom. The molecule has 1 amide bonds. The van der Waals surface area contributed by atoms with Crippen molar-refractivity contribution in [2.24, 2.45) is 0 Å². The number of aliphatic hydroxyl groups excluding tert-OH is 1. The predicted octanol–water partition coefficient (Wildman–Crippen LogP) is 2.29. The van der Waals surface area contributed by atoms with Gasteiger partial charge >= 0.3 is 12.1 Å². The summed E-state index contributed by atoms with van der Waals surface area (Å²) in [6.45, 7) is 4.65. The maximum absolute atomic E-state index is 13.5. The largest absolute Gasteiger partial charge is 0.508 e. The number of carbonyl (C=O) groups excluding carboxylic acids is 2. The fourth-order valence-electron chi connectivity index (χ4n) is 8.24. The van der Waals surface area contributed by atoms with E-state index in [1.54, 1.807) is 67.6 Å². The molecule has 0 spiro atoms. The molecule has 0 unspecified atom stereocenters. The molecule has 3 saturated heterocycles. The quantitative estimate of drug-likeness (QED) is 0.104. The number of alkyl halides is 3. The molecule has 0 radical (unpaired) electrons. The molecule has 0 bridgehead atoms. The second-order valence-corrected chi connectivity index (χ2v) is 15.9. The van der Waals surface area contributed by atoms with Crippen molar-refractivity contribution in [3.05, 3.63) is 95.7 Å². The first-order valence-electron chi connectivity index (χ1n) is 21.1. The van der Waals surface area contributed by atoms with Crippen LogP contribution in [0.4, 0.5) is 30.8 Å². The summed E-state index contributed by atoms with van der Waals surface area (Å²) in [5.74, 6) is -2.29. The van der Waals surface area contributed by atoms with Crippen LogP contribution in [0.5, 0.6) is 11.5 Å². The van der Waals surface area contributed by atoms with E-state index in [9.17, 15) is 38.1 Å². The second kappa shape index (κ2) is 18.0. The van der Waals surface area contributed by atoms with Gasteiger partial charge in [-0.05, 0) is 66.1 Å². The second-order valence-electron chi connectivity index (χ2n) is 15.9. The molecule has 0 aliphatic carbocycles. The molecule has 9 rings (SSSR count). The van der Waals surface area contributed by atoms with Crippen molar-refractivity contribution in [1.82, 2.24) is 50.0 Å². The zero-order chi connectivity index (χ0) is 46.2. The lowest BCUT2D eigenvalue weighted by Crippen LogP contribution is -2.49. The highest BCUT2D eigenvalue weighted by Crippen LogP contribution is 2.41. The van der Waals surface area contributed by atoms with Crippen LogP contribution >= 0.6 is 0 Å². The third-order valence-electron chi connectivity index (χ3n) is 11.7. The number of aromatic nitrogens is 9. The Morgan fingerprint density at radius 1 is 0.955 bits per heavy atom. The molecule has 4 aromatic heterocycles. The summed E-state index contributed by atoms with van der Waals surface area (Å²) < 4.78 is 57.8. The van der Waals surface area contributed by atoms with Gasteiger partial charge in [-0.3, -0.25) is 9.36 Å². The zero-order valence-corrected chi connectivity index (χ0v) is 35.2. The number of tetrazole rings is 1. The van der Waals surface area contributed by atoms with Gasteiger partial charge in [0.15, 0.2) is 23.1 Å². The Labute approximate surface area is 373 Å². The highest BCUT2D eigenvalue weighted by atomic mass is 19.4. The number of anilines is 3. The van der Waals surface area contributed by atoms with Crippen molar-refractivity contribution < 1.29 is 52.3 Å². The Morgan fingerprint density at radius 3 is 2.30 bits per heavy atom. The summed E-state index contributed by atoms with van der Waals surface area (Å²) in [5.41, 5.74) is -0.130. The van der Waals surface area contributed by atoms with E-state index in [1.807, 2.05) is 4.90 Å². The van der Waals surface area contributed by atoms with E-state index in [-0.39, 0.29) is 77.8 Å². The molecule has 0 saturated carbocycles.